The average molecular weight is 449 g/mol. The van der Waals surface area contributed by atoms with Crippen LogP contribution >= 0.6 is 11.6 Å². The van der Waals surface area contributed by atoms with E-state index in [4.69, 9.17) is 16.3 Å². The van der Waals surface area contributed by atoms with Crippen molar-refractivity contribution in [3.05, 3.63) is 77.5 Å². The average Bonchev–Trinajstić information content (AvgIpc) is 3.23. The second-order valence-electron chi connectivity index (χ2n) is 8.80. The van der Waals surface area contributed by atoms with Crippen molar-refractivity contribution in [3.8, 4) is 11.3 Å². The van der Waals surface area contributed by atoms with Crippen LogP contribution < -0.4 is 0 Å². The Morgan fingerprint density at radius 2 is 1.84 bits per heavy atom. The summed E-state index contributed by atoms with van der Waals surface area (Å²) >= 11 is 5.99. The smallest absolute Gasteiger partial charge is 0.272 e. The van der Waals surface area contributed by atoms with Crippen LogP contribution in [0.25, 0.3) is 11.3 Å². The highest BCUT2D eigenvalue weighted by Crippen LogP contribution is 2.43. The van der Waals surface area contributed by atoms with Gasteiger partial charge in [0.2, 0.25) is 0 Å². The van der Waals surface area contributed by atoms with Crippen molar-refractivity contribution in [1.82, 2.24) is 19.9 Å². The van der Waals surface area contributed by atoms with E-state index in [1.54, 1.807) is 18.5 Å². The Kier molecular flexibility index (Phi) is 5.89. The number of likely N-dealkylation sites (tertiary alicyclic amines) is 1. The molecule has 1 amide bonds. The lowest BCUT2D eigenvalue weighted by Gasteiger charge is -2.38. The molecule has 1 atom stereocenters. The van der Waals surface area contributed by atoms with Gasteiger partial charge in [-0.25, -0.2) is 15.0 Å². The molecular formula is C25H25ClN4O2. The summed E-state index contributed by atoms with van der Waals surface area (Å²) < 4.78 is 6.16. The van der Waals surface area contributed by atoms with Gasteiger partial charge in [0.15, 0.2) is 0 Å². The van der Waals surface area contributed by atoms with Crippen LogP contribution in [0.15, 0.2) is 61.2 Å². The number of aromatic nitrogens is 3. The summed E-state index contributed by atoms with van der Waals surface area (Å²) in [5.41, 5.74) is 3.39. The molecule has 0 N–H and O–H groups in total. The third-order valence-corrected chi connectivity index (χ3v) is 6.85. The molecular weight excluding hydrogens is 424 g/mol. The van der Waals surface area contributed by atoms with E-state index in [1.165, 1.54) is 11.9 Å². The molecule has 0 radical (unpaired) electrons. The molecule has 2 saturated heterocycles. The van der Waals surface area contributed by atoms with Crippen LogP contribution in [-0.4, -0.2) is 51.6 Å². The van der Waals surface area contributed by atoms with Crippen LogP contribution in [0.1, 0.15) is 35.3 Å². The van der Waals surface area contributed by atoms with Gasteiger partial charge in [-0.3, -0.25) is 4.79 Å². The number of nitrogens with zero attached hydrogens (tertiary/aromatic N) is 4. The molecule has 0 saturated carbocycles. The Bertz CT molecular complexity index is 1080. The molecule has 3 aromatic rings. The Labute approximate surface area is 192 Å². The fourth-order valence-corrected chi connectivity index (χ4v) is 4.88. The lowest BCUT2D eigenvalue weighted by molar-refractivity contribution is 0.0492. The number of benzene rings is 1. The van der Waals surface area contributed by atoms with Crippen LogP contribution in [0, 0.1) is 5.41 Å². The highest BCUT2D eigenvalue weighted by Gasteiger charge is 2.43. The SMILES string of the molecule is O=C(c1cccc(-c2cncnc2)n1)N1CCC2(CC1)CO[C@@H](Cc1ccc(Cl)cc1)C2. The molecule has 4 heterocycles. The second-order valence-corrected chi connectivity index (χ2v) is 9.23. The molecule has 1 spiro atoms. The van der Waals surface area contributed by atoms with Gasteiger partial charge in [0.05, 0.1) is 18.4 Å². The van der Waals surface area contributed by atoms with Crippen molar-refractivity contribution in [3.63, 3.8) is 0 Å². The van der Waals surface area contributed by atoms with Crippen molar-refractivity contribution in [2.24, 2.45) is 5.41 Å². The first kappa shape index (κ1) is 21.0. The lowest BCUT2D eigenvalue weighted by Crippen LogP contribution is -2.43. The maximum Gasteiger partial charge on any atom is 0.272 e. The molecule has 5 rings (SSSR count). The summed E-state index contributed by atoms with van der Waals surface area (Å²) in [5, 5.41) is 0.756. The molecule has 7 heteroatoms. The van der Waals surface area contributed by atoms with Gasteiger partial charge in [-0.1, -0.05) is 29.8 Å². The highest BCUT2D eigenvalue weighted by molar-refractivity contribution is 6.30. The number of amides is 1. The number of ether oxygens (including phenoxy) is 1. The van der Waals surface area contributed by atoms with Gasteiger partial charge in [-0.2, -0.15) is 0 Å². The van der Waals surface area contributed by atoms with E-state index in [9.17, 15) is 4.79 Å². The first-order valence-corrected chi connectivity index (χ1v) is 11.4. The number of rotatable bonds is 4. The van der Waals surface area contributed by atoms with E-state index < -0.39 is 0 Å². The topological polar surface area (TPSA) is 68.2 Å². The van der Waals surface area contributed by atoms with Gasteiger partial charge < -0.3 is 9.64 Å². The van der Waals surface area contributed by atoms with Crippen LogP contribution in [0.3, 0.4) is 0 Å². The van der Waals surface area contributed by atoms with Crippen LogP contribution in [0.5, 0.6) is 0 Å². The molecule has 0 unspecified atom stereocenters. The third kappa shape index (κ3) is 4.52. The van der Waals surface area contributed by atoms with Gasteiger partial charge in [0.25, 0.3) is 5.91 Å². The van der Waals surface area contributed by atoms with Crippen molar-refractivity contribution in [1.29, 1.82) is 0 Å². The number of pyridine rings is 1. The third-order valence-electron chi connectivity index (χ3n) is 6.60. The normalized spacial score (nSPS) is 19.9. The minimum Gasteiger partial charge on any atom is -0.377 e. The minimum absolute atomic E-state index is 0.0184. The zero-order chi connectivity index (χ0) is 22.0. The molecule has 1 aromatic carbocycles. The maximum atomic E-state index is 13.1. The van der Waals surface area contributed by atoms with Gasteiger partial charge in [0.1, 0.15) is 12.0 Å². The molecule has 0 aliphatic carbocycles. The molecule has 32 heavy (non-hydrogen) atoms. The van der Waals surface area contributed by atoms with Crippen molar-refractivity contribution < 1.29 is 9.53 Å². The van der Waals surface area contributed by atoms with Crippen molar-refractivity contribution >= 4 is 17.5 Å². The Hall–Kier alpha value is -2.83. The summed E-state index contributed by atoms with van der Waals surface area (Å²) in [4.78, 5) is 27.7. The van der Waals surface area contributed by atoms with E-state index in [1.807, 2.05) is 29.2 Å². The van der Waals surface area contributed by atoms with E-state index in [-0.39, 0.29) is 17.4 Å². The van der Waals surface area contributed by atoms with Crippen LogP contribution in [0.4, 0.5) is 0 Å². The van der Waals surface area contributed by atoms with Crippen molar-refractivity contribution in [2.75, 3.05) is 19.7 Å². The zero-order valence-electron chi connectivity index (χ0n) is 17.8. The molecule has 164 valence electrons. The summed E-state index contributed by atoms with van der Waals surface area (Å²) in [6.07, 6.45) is 8.98. The Morgan fingerprint density at radius 1 is 1.09 bits per heavy atom. The predicted octanol–water partition coefficient (Wildman–Crippen LogP) is 4.45. The standard InChI is InChI=1S/C25H25ClN4O2/c26-20-6-4-18(5-7-20)12-21-13-25(16-32-21)8-10-30(11-9-25)24(31)23-3-1-2-22(29-23)19-14-27-17-28-15-19/h1-7,14-15,17,21H,8-13,16H2/t21-/m0/s1. The zero-order valence-corrected chi connectivity index (χ0v) is 18.5. The summed E-state index contributed by atoms with van der Waals surface area (Å²) in [6, 6.07) is 13.5. The minimum atomic E-state index is -0.0184. The Balaban J connectivity index is 1.20. The summed E-state index contributed by atoms with van der Waals surface area (Å²) in [6.45, 7) is 2.24. The van der Waals surface area contributed by atoms with E-state index in [0.717, 1.165) is 56.0 Å². The quantitative estimate of drug-likeness (QED) is 0.590. The first-order valence-electron chi connectivity index (χ1n) is 11.0. The molecule has 2 aliphatic rings. The van der Waals surface area contributed by atoms with Gasteiger partial charge in [-0.15, -0.1) is 0 Å². The molecule has 2 aliphatic heterocycles. The van der Waals surface area contributed by atoms with Crippen LogP contribution in [-0.2, 0) is 11.2 Å². The summed E-state index contributed by atoms with van der Waals surface area (Å²) in [5.74, 6) is -0.0184. The first-order chi connectivity index (χ1) is 15.6. The largest absolute Gasteiger partial charge is 0.377 e. The number of carbonyl (C=O) groups excluding carboxylic acids is 1. The lowest BCUT2D eigenvalue weighted by atomic mass is 9.76. The number of hydrogen-bond donors (Lipinski definition) is 0. The highest BCUT2D eigenvalue weighted by atomic mass is 35.5. The fourth-order valence-electron chi connectivity index (χ4n) is 4.75. The van der Waals surface area contributed by atoms with Gasteiger partial charge in [-0.05, 0) is 60.9 Å². The fraction of sp³-hybridized carbons (Fsp3) is 0.360. The summed E-state index contributed by atoms with van der Waals surface area (Å²) in [7, 11) is 0. The Morgan fingerprint density at radius 3 is 2.59 bits per heavy atom. The maximum absolute atomic E-state index is 13.1. The van der Waals surface area contributed by atoms with Crippen LogP contribution in [0.2, 0.25) is 5.02 Å². The number of hydrogen-bond acceptors (Lipinski definition) is 5. The molecule has 2 fully saturated rings. The molecule has 0 bridgehead atoms. The van der Waals surface area contributed by atoms with E-state index in [2.05, 4.69) is 27.1 Å². The van der Waals surface area contributed by atoms with E-state index >= 15 is 0 Å². The van der Waals surface area contributed by atoms with Crippen molar-refractivity contribution in [2.45, 2.75) is 31.8 Å². The molecule has 6 nitrogen and oxygen atoms in total. The molecule has 2 aromatic heterocycles. The monoisotopic (exact) mass is 448 g/mol. The predicted molar refractivity (Wildman–Crippen MR) is 122 cm³/mol. The number of halogens is 1. The number of piperidine rings is 1. The van der Waals surface area contributed by atoms with E-state index in [0.29, 0.717) is 11.4 Å². The second kappa shape index (κ2) is 8.96. The van der Waals surface area contributed by atoms with Gasteiger partial charge in [0, 0.05) is 36.1 Å². The van der Waals surface area contributed by atoms with Gasteiger partial charge >= 0.3 is 0 Å². The number of carbonyl (C=O) groups is 1.